The van der Waals surface area contributed by atoms with Crippen molar-refractivity contribution in [1.82, 2.24) is 4.98 Å². The largest absolute Gasteiger partial charge is 0.324 e. The summed E-state index contributed by atoms with van der Waals surface area (Å²) >= 11 is 0. The summed E-state index contributed by atoms with van der Waals surface area (Å²) in [4.78, 5) is 15.0. The predicted octanol–water partition coefficient (Wildman–Crippen LogP) is 2.31. The molecule has 1 aromatic carbocycles. The Kier molecular flexibility index (Phi) is 4.11. The second-order valence-electron chi connectivity index (χ2n) is 4.04. The first-order valence-corrected chi connectivity index (χ1v) is 5.93. The molecule has 4 nitrogen and oxygen atoms in total. The number of hydrogen-bond acceptors (Lipinski definition) is 3. The zero-order valence-electron chi connectivity index (χ0n) is 10.8. The van der Waals surface area contributed by atoms with E-state index in [2.05, 4.69) is 28.2 Å². The van der Waals surface area contributed by atoms with Crippen LogP contribution in [0.1, 0.15) is 23.6 Å². The maximum atomic E-state index is 11.1. The molecular formula is C16H11N3O. The minimum atomic E-state index is -0.167. The van der Waals surface area contributed by atoms with Gasteiger partial charge in [0.2, 0.25) is 5.91 Å². The van der Waals surface area contributed by atoms with E-state index in [4.69, 9.17) is 5.26 Å². The van der Waals surface area contributed by atoms with Crippen molar-refractivity contribution in [1.29, 1.82) is 5.26 Å². The van der Waals surface area contributed by atoms with Gasteiger partial charge < -0.3 is 5.32 Å². The third-order valence-corrected chi connectivity index (χ3v) is 2.49. The second-order valence-corrected chi connectivity index (χ2v) is 4.04. The van der Waals surface area contributed by atoms with E-state index in [9.17, 15) is 4.79 Å². The van der Waals surface area contributed by atoms with Gasteiger partial charge in [-0.25, -0.2) is 0 Å². The van der Waals surface area contributed by atoms with Crippen molar-refractivity contribution in [2.45, 2.75) is 6.92 Å². The standard InChI is InChI=1S/C16H11N3O/c1-12(20)19-16-11-18-9-8-15(16)7-6-13-2-4-14(10-17)5-3-13/h2-5,8-9,11H,1H3,(H,19,20). The summed E-state index contributed by atoms with van der Waals surface area (Å²) in [6.07, 6.45) is 3.18. The summed E-state index contributed by atoms with van der Waals surface area (Å²) in [6.45, 7) is 1.44. The molecule has 0 aliphatic carbocycles. The fraction of sp³-hybridized carbons (Fsp3) is 0.0625. The minimum absolute atomic E-state index is 0.167. The van der Waals surface area contributed by atoms with Crippen LogP contribution in [0.4, 0.5) is 5.69 Å². The van der Waals surface area contributed by atoms with Crippen molar-refractivity contribution in [3.05, 3.63) is 59.4 Å². The van der Waals surface area contributed by atoms with E-state index in [0.29, 0.717) is 16.8 Å². The van der Waals surface area contributed by atoms with Gasteiger partial charge >= 0.3 is 0 Å². The molecule has 0 fully saturated rings. The van der Waals surface area contributed by atoms with Crippen LogP contribution in [-0.4, -0.2) is 10.9 Å². The van der Waals surface area contributed by atoms with Gasteiger partial charge in [0.15, 0.2) is 0 Å². The quantitative estimate of drug-likeness (QED) is 0.801. The fourth-order valence-electron chi connectivity index (χ4n) is 1.56. The zero-order valence-corrected chi connectivity index (χ0v) is 10.8. The first-order chi connectivity index (χ1) is 9.69. The van der Waals surface area contributed by atoms with Gasteiger partial charge in [-0.15, -0.1) is 0 Å². The number of anilines is 1. The van der Waals surface area contributed by atoms with Crippen molar-refractivity contribution in [3.63, 3.8) is 0 Å². The van der Waals surface area contributed by atoms with E-state index in [1.165, 1.54) is 6.92 Å². The van der Waals surface area contributed by atoms with Gasteiger partial charge in [0.1, 0.15) is 0 Å². The molecule has 20 heavy (non-hydrogen) atoms. The highest BCUT2D eigenvalue weighted by molar-refractivity contribution is 5.90. The highest BCUT2D eigenvalue weighted by Gasteiger charge is 2.00. The molecule has 2 aromatic rings. The maximum absolute atomic E-state index is 11.1. The van der Waals surface area contributed by atoms with Crippen LogP contribution in [0.2, 0.25) is 0 Å². The Morgan fingerprint density at radius 1 is 1.15 bits per heavy atom. The summed E-state index contributed by atoms with van der Waals surface area (Å²) in [6, 6.07) is 10.8. The van der Waals surface area contributed by atoms with E-state index in [0.717, 1.165) is 5.56 Å². The number of nitriles is 1. The molecule has 0 radical (unpaired) electrons. The number of nitrogens with zero attached hydrogens (tertiary/aromatic N) is 2. The number of hydrogen-bond donors (Lipinski definition) is 1. The third-order valence-electron chi connectivity index (χ3n) is 2.49. The number of pyridine rings is 1. The highest BCUT2D eigenvalue weighted by atomic mass is 16.1. The molecular weight excluding hydrogens is 250 g/mol. The smallest absolute Gasteiger partial charge is 0.221 e. The van der Waals surface area contributed by atoms with Gasteiger partial charge in [0.25, 0.3) is 0 Å². The first-order valence-electron chi connectivity index (χ1n) is 5.93. The highest BCUT2D eigenvalue weighted by Crippen LogP contribution is 2.12. The van der Waals surface area contributed by atoms with Gasteiger partial charge in [-0.2, -0.15) is 5.26 Å². The van der Waals surface area contributed by atoms with Crippen LogP contribution < -0.4 is 5.32 Å². The molecule has 0 aliphatic heterocycles. The molecule has 0 unspecified atom stereocenters. The van der Waals surface area contributed by atoms with Crippen LogP contribution in [0.3, 0.4) is 0 Å². The second kappa shape index (κ2) is 6.17. The van der Waals surface area contributed by atoms with Gasteiger partial charge in [0.05, 0.1) is 29.1 Å². The lowest BCUT2D eigenvalue weighted by Crippen LogP contribution is -2.07. The molecule has 0 bridgehead atoms. The van der Waals surface area contributed by atoms with E-state index in [1.54, 1.807) is 42.7 Å². The molecule has 4 heteroatoms. The number of rotatable bonds is 1. The topological polar surface area (TPSA) is 65.8 Å². The van der Waals surface area contributed by atoms with Crippen LogP contribution >= 0.6 is 0 Å². The Morgan fingerprint density at radius 2 is 1.85 bits per heavy atom. The zero-order chi connectivity index (χ0) is 14.4. The Bertz CT molecular complexity index is 731. The third kappa shape index (κ3) is 3.44. The molecule has 0 saturated heterocycles. The molecule has 0 aliphatic rings. The number of carbonyl (C=O) groups excluding carboxylic acids is 1. The normalized spacial score (nSPS) is 9.00. The van der Waals surface area contributed by atoms with E-state index in [-0.39, 0.29) is 5.91 Å². The summed E-state index contributed by atoms with van der Waals surface area (Å²) in [5.74, 6) is 5.80. The average molecular weight is 261 g/mol. The molecule has 0 saturated carbocycles. The number of nitrogens with one attached hydrogen (secondary N) is 1. The van der Waals surface area contributed by atoms with Gasteiger partial charge in [-0.1, -0.05) is 11.8 Å². The molecule has 0 atom stereocenters. The lowest BCUT2D eigenvalue weighted by molar-refractivity contribution is -0.114. The Morgan fingerprint density at radius 3 is 2.50 bits per heavy atom. The molecule has 2 rings (SSSR count). The Balaban J connectivity index is 2.28. The number of amides is 1. The lowest BCUT2D eigenvalue weighted by Gasteiger charge is -2.03. The van der Waals surface area contributed by atoms with Crippen molar-refractivity contribution < 1.29 is 4.79 Å². The number of carbonyl (C=O) groups is 1. The van der Waals surface area contributed by atoms with Gasteiger partial charge in [-0.3, -0.25) is 9.78 Å². The number of benzene rings is 1. The average Bonchev–Trinajstić information content (AvgIpc) is 2.46. The number of aromatic nitrogens is 1. The monoisotopic (exact) mass is 261 g/mol. The first kappa shape index (κ1) is 13.3. The molecule has 1 heterocycles. The summed E-state index contributed by atoms with van der Waals surface area (Å²) in [7, 11) is 0. The minimum Gasteiger partial charge on any atom is -0.324 e. The van der Waals surface area contributed by atoms with Crippen molar-refractivity contribution >= 4 is 11.6 Å². The van der Waals surface area contributed by atoms with Crippen LogP contribution in [0.25, 0.3) is 0 Å². The van der Waals surface area contributed by atoms with Crippen molar-refractivity contribution in [2.75, 3.05) is 5.32 Å². The van der Waals surface area contributed by atoms with Gasteiger partial charge in [0, 0.05) is 18.7 Å². The molecule has 0 spiro atoms. The molecule has 1 amide bonds. The SMILES string of the molecule is CC(=O)Nc1cnccc1C#Cc1ccc(C#N)cc1. The van der Waals surface area contributed by atoms with E-state index >= 15 is 0 Å². The molecule has 1 N–H and O–H groups in total. The predicted molar refractivity (Wildman–Crippen MR) is 75.7 cm³/mol. The summed E-state index contributed by atoms with van der Waals surface area (Å²) in [5, 5.41) is 11.4. The van der Waals surface area contributed by atoms with Crippen molar-refractivity contribution in [3.8, 4) is 17.9 Å². The van der Waals surface area contributed by atoms with E-state index in [1.807, 2.05) is 0 Å². The summed E-state index contributed by atoms with van der Waals surface area (Å²) in [5.41, 5.74) is 2.67. The molecule has 1 aromatic heterocycles. The summed E-state index contributed by atoms with van der Waals surface area (Å²) < 4.78 is 0. The Labute approximate surface area is 117 Å². The van der Waals surface area contributed by atoms with Crippen LogP contribution in [0.5, 0.6) is 0 Å². The van der Waals surface area contributed by atoms with Gasteiger partial charge in [-0.05, 0) is 30.3 Å². The lowest BCUT2D eigenvalue weighted by atomic mass is 10.1. The van der Waals surface area contributed by atoms with Crippen LogP contribution in [0.15, 0.2) is 42.7 Å². The Hall–Kier alpha value is -3.11. The van der Waals surface area contributed by atoms with Crippen LogP contribution in [-0.2, 0) is 4.79 Å². The molecule has 96 valence electrons. The maximum Gasteiger partial charge on any atom is 0.221 e. The van der Waals surface area contributed by atoms with Crippen LogP contribution in [0, 0.1) is 23.2 Å². The van der Waals surface area contributed by atoms with E-state index < -0.39 is 0 Å². The fourth-order valence-corrected chi connectivity index (χ4v) is 1.56. The van der Waals surface area contributed by atoms with Crippen molar-refractivity contribution in [2.24, 2.45) is 0 Å².